The van der Waals surface area contributed by atoms with E-state index in [9.17, 15) is 4.79 Å². The average molecular weight is 222 g/mol. The summed E-state index contributed by atoms with van der Waals surface area (Å²) < 4.78 is 9.93. The number of ether oxygens (including phenoxy) is 2. The van der Waals surface area contributed by atoms with Gasteiger partial charge in [0.2, 0.25) is 0 Å². The summed E-state index contributed by atoms with van der Waals surface area (Å²) in [4.78, 5) is 10.9. The summed E-state index contributed by atoms with van der Waals surface area (Å²) in [7, 11) is 1.59. The third-order valence-corrected chi connectivity index (χ3v) is 1.58. The molecule has 1 aromatic rings. The quantitative estimate of drug-likeness (QED) is 0.445. The molecule has 0 saturated carbocycles. The van der Waals surface area contributed by atoms with Gasteiger partial charge in [-0.25, -0.2) is 0 Å². The van der Waals surface area contributed by atoms with E-state index in [-0.39, 0.29) is 46.6 Å². The molecule has 74 valence electrons. The van der Waals surface area contributed by atoms with Gasteiger partial charge in [0, 0.05) is 6.42 Å². The first-order valence-electron chi connectivity index (χ1n) is 4.11. The van der Waals surface area contributed by atoms with Crippen molar-refractivity contribution in [3.8, 4) is 11.5 Å². The van der Waals surface area contributed by atoms with Crippen LogP contribution in [0.3, 0.4) is 0 Å². The van der Waals surface area contributed by atoms with E-state index < -0.39 is 0 Å². The number of methoxy groups -OCH3 is 1. The van der Waals surface area contributed by atoms with Crippen LogP contribution in [0, 0.1) is 0 Å². The topological polar surface area (TPSA) is 35.5 Å². The predicted octanol–water partition coefficient (Wildman–Crippen LogP) is 1.85. The van der Waals surface area contributed by atoms with Crippen molar-refractivity contribution >= 4 is 43.7 Å². The van der Waals surface area contributed by atoms with Crippen molar-refractivity contribution in [3.05, 3.63) is 24.3 Å². The van der Waals surface area contributed by atoms with Crippen LogP contribution < -0.4 is 9.47 Å². The van der Waals surface area contributed by atoms with Crippen LogP contribution in [0.2, 0.25) is 0 Å². The van der Waals surface area contributed by atoms with E-state index in [0.29, 0.717) is 12.2 Å². The Morgan fingerprint density at radius 3 is 2.21 bits per heavy atom. The van der Waals surface area contributed by atoms with Gasteiger partial charge < -0.3 is 12.3 Å². The standard InChI is InChI=1S/C10H12O3.Ca.2H/c1-3-10(11)13-9-6-4-8(12-2)5-7-9;;;/h4-7H,3H2,1-2H3;;;/q;+2;2*-1. The molecule has 0 unspecified atom stereocenters. The molecule has 0 aromatic heterocycles. The minimum Gasteiger partial charge on any atom is -1.00 e. The van der Waals surface area contributed by atoms with Gasteiger partial charge in [-0.3, -0.25) is 4.79 Å². The van der Waals surface area contributed by atoms with Gasteiger partial charge in [-0.05, 0) is 24.3 Å². The summed E-state index contributed by atoms with van der Waals surface area (Å²) in [6.45, 7) is 1.76. The van der Waals surface area contributed by atoms with Gasteiger partial charge in [0.15, 0.2) is 0 Å². The van der Waals surface area contributed by atoms with Gasteiger partial charge in [0.05, 0.1) is 7.11 Å². The monoisotopic (exact) mass is 222 g/mol. The van der Waals surface area contributed by atoms with Gasteiger partial charge in [-0.1, -0.05) is 6.92 Å². The van der Waals surface area contributed by atoms with E-state index in [2.05, 4.69) is 0 Å². The molecular weight excluding hydrogens is 208 g/mol. The molecule has 0 saturated heterocycles. The predicted molar refractivity (Wildman–Crippen MR) is 56.9 cm³/mol. The van der Waals surface area contributed by atoms with E-state index in [0.717, 1.165) is 5.75 Å². The number of hydrogen-bond donors (Lipinski definition) is 0. The molecular formula is C10H14CaO3. The zero-order valence-electron chi connectivity index (χ0n) is 10.4. The first-order chi connectivity index (χ1) is 6.26. The molecule has 4 heteroatoms. The normalized spacial score (nSPS) is 8.71. The van der Waals surface area contributed by atoms with Crippen molar-refractivity contribution in [2.24, 2.45) is 0 Å². The zero-order valence-corrected chi connectivity index (χ0v) is 10.7. The van der Waals surface area contributed by atoms with Crippen molar-refractivity contribution in [2.75, 3.05) is 7.11 Å². The van der Waals surface area contributed by atoms with Gasteiger partial charge in [0.1, 0.15) is 11.5 Å². The molecule has 0 heterocycles. The molecule has 14 heavy (non-hydrogen) atoms. The van der Waals surface area contributed by atoms with E-state index >= 15 is 0 Å². The maximum absolute atomic E-state index is 10.9. The van der Waals surface area contributed by atoms with E-state index in [4.69, 9.17) is 9.47 Å². The number of esters is 1. The second kappa shape index (κ2) is 7.10. The molecule has 0 aliphatic heterocycles. The van der Waals surface area contributed by atoms with E-state index in [1.54, 1.807) is 38.3 Å². The molecule has 0 N–H and O–H groups in total. The largest absolute Gasteiger partial charge is 2.00 e. The Morgan fingerprint density at radius 1 is 1.29 bits per heavy atom. The van der Waals surface area contributed by atoms with Gasteiger partial charge in [-0.15, -0.1) is 0 Å². The Bertz CT molecular complexity index is 291. The Hall–Kier alpha value is -0.250. The summed E-state index contributed by atoms with van der Waals surface area (Å²) in [5.41, 5.74) is 0. The van der Waals surface area contributed by atoms with Crippen LogP contribution >= 0.6 is 0 Å². The van der Waals surface area contributed by atoms with Crippen LogP contribution in [0.1, 0.15) is 16.2 Å². The number of rotatable bonds is 3. The Morgan fingerprint density at radius 2 is 1.79 bits per heavy atom. The molecule has 0 aliphatic carbocycles. The molecule has 0 bridgehead atoms. The fourth-order valence-electron chi connectivity index (χ4n) is 0.847. The summed E-state index contributed by atoms with van der Waals surface area (Å²) >= 11 is 0. The Labute approximate surface area is 116 Å². The minimum absolute atomic E-state index is 0. The second-order valence-corrected chi connectivity index (χ2v) is 2.50. The number of benzene rings is 1. The van der Waals surface area contributed by atoms with Crippen LogP contribution in [-0.4, -0.2) is 50.8 Å². The zero-order chi connectivity index (χ0) is 9.68. The van der Waals surface area contributed by atoms with Gasteiger partial charge in [-0.2, -0.15) is 0 Å². The fourth-order valence-corrected chi connectivity index (χ4v) is 0.847. The fraction of sp³-hybridized carbons (Fsp3) is 0.300. The van der Waals surface area contributed by atoms with Crippen molar-refractivity contribution in [1.82, 2.24) is 0 Å². The second-order valence-electron chi connectivity index (χ2n) is 2.50. The Balaban J connectivity index is -0.000000563. The van der Waals surface area contributed by atoms with E-state index in [1.165, 1.54) is 0 Å². The summed E-state index contributed by atoms with van der Waals surface area (Å²) in [6.07, 6.45) is 0.381. The molecule has 0 atom stereocenters. The van der Waals surface area contributed by atoms with Crippen LogP contribution in [0.4, 0.5) is 0 Å². The van der Waals surface area contributed by atoms with Gasteiger partial charge >= 0.3 is 43.7 Å². The van der Waals surface area contributed by atoms with Crippen LogP contribution in [0.5, 0.6) is 11.5 Å². The minimum atomic E-state index is -0.231. The molecule has 0 radical (unpaired) electrons. The van der Waals surface area contributed by atoms with Gasteiger partial charge in [0.25, 0.3) is 0 Å². The first-order valence-corrected chi connectivity index (χ1v) is 4.11. The first kappa shape index (κ1) is 13.7. The van der Waals surface area contributed by atoms with Crippen molar-refractivity contribution in [2.45, 2.75) is 13.3 Å². The van der Waals surface area contributed by atoms with Crippen molar-refractivity contribution in [1.29, 1.82) is 0 Å². The number of carbonyl (C=O) groups is 1. The maximum Gasteiger partial charge on any atom is 2.00 e. The SMILES string of the molecule is CCC(=O)Oc1ccc(OC)cc1.[Ca+2].[H-].[H-]. The van der Waals surface area contributed by atoms with Crippen LogP contribution in [-0.2, 0) is 4.79 Å². The van der Waals surface area contributed by atoms with Crippen molar-refractivity contribution in [3.63, 3.8) is 0 Å². The summed E-state index contributed by atoms with van der Waals surface area (Å²) in [6, 6.07) is 6.90. The average Bonchev–Trinajstić information content (AvgIpc) is 2.19. The maximum atomic E-state index is 10.9. The molecule has 0 spiro atoms. The smallest absolute Gasteiger partial charge is 1.00 e. The van der Waals surface area contributed by atoms with Crippen LogP contribution in [0.25, 0.3) is 0 Å². The summed E-state index contributed by atoms with van der Waals surface area (Å²) in [5, 5.41) is 0. The molecule has 0 fully saturated rings. The third kappa shape index (κ3) is 4.31. The van der Waals surface area contributed by atoms with E-state index in [1.807, 2.05) is 0 Å². The summed E-state index contributed by atoms with van der Waals surface area (Å²) in [5.74, 6) is 1.06. The molecule has 0 amide bonds. The molecule has 3 nitrogen and oxygen atoms in total. The van der Waals surface area contributed by atoms with Crippen molar-refractivity contribution < 1.29 is 17.1 Å². The molecule has 0 aliphatic rings. The third-order valence-electron chi connectivity index (χ3n) is 1.58. The van der Waals surface area contributed by atoms with Crippen LogP contribution in [0.15, 0.2) is 24.3 Å². The molecule has 1 aromatic carbocycles. The Kier molecular flexibility index (Phi) is 6.97. The number of hydrogen-bond acceptors (Lipinski definition) is 3. The number of carbonyl (C=O) groups excluding carboxylic acids is 1. The molecule has 1 rings (SSSR count).